The summed E-state index contributed by atoms with van der Waals surface area (Å²) in [6.07, 6.45) is 5.89. The summed E-state index contributed by atoms with van der Waals surface area (Å²) in [6, 6.07) is 8.78. The zero-order chi connectivity index (χ0) is 20.6. The summed E-state index contributed by atoms with van der Waals surface area (Å²) >= 11 is 1.52. The fourth-order valence-electron chi connectivity index (χ4n) is 3.76. The van der Waals surface area contributed by atoms with E-state index in [-0.39, 0.29) is 5.82 Å². The maximum atomic E-state index is 13.9. The highest BCUT2D eigenvalue weighted by atomic mass is 32.1. The summed E-state index contributed by atoms with van der Waals surface area (Å²) in [6.45, 7) is 1.60. The second-order valence-electron chi connectivity index (χ2n) is 8.13. The first kappa shape index (κ1) is 19.5. The van der Waals surface area contributed by atoms with Gasteiger partial charge in [0.1, 0.15) is 5.82 Å². The molecule has 8 heteroatoms. The molecule has 0 radical (unpaired) electrons. The monoisotopic (exact) mass is 425 g/mol. The molecule has 0 atom stereocenters. The van der Waals surface area contributed by atoms with Gasteiger partial charge in [0.25, 0.3) is 0 Å². The summed E-state index contributed by atoms with van der Waals surface area (Å²) in [5.41, 5.74) is 1.40. The third kappa shape index (κ3) is 4.35. The fraction of sp³-hybridized carbons (Fsp3) is 0.409. The van der Waals surface area contributed by atoms with Crippen LogP contribution in [0.5, 0.6) is 0 Å². The van der Waals surface area contributed by atoms with E-state index in [0.717, 1.165) is 41.5 Å². The number of nitrogens with one attached hydrogen (secondary N) is 2. The average Bonchev–Trinajstić information content (AvgIpc) is 3.45. The Bertz CT molecular complexity index is 1050. The number of aromatic nitrogens is 3. The molecule has 3 N–H and O–H groups in total. The molecule has 0 bridgehead atoms. The van der Waals surface area contributed by atoms with Crippen LogP contribution in [0.15, 0.2) is 36.5 Å². The van der Waals surface area contributed by atoms with E-state index in [9.17, 15) is 9.50 Å². The van der Waals surface area contributed by atoms with Crippen molar-refractivity contribution in [1.82, 2.24) is 20.3 Å². The van der Waals surface area contributed by atoms with Gasteiger partial charge in [0.15, 0.2) is 0 Å². The fourth-order valence-corrected chi connectivity index (χ4v) is 4.95. The maximum absolute atomic E-state index is 13.9. The second kappa shape index (κ2) is 8.02. The lowest BCUT2D eigenvalue weighted by atomic mass is 9.89. The summed E-state index contributed by atoms with van der Waals surface area (Å²) < 4.78 is 13.9. The van der Waals surface area contributed by atoms with Crippen LogP contribution in [0.4, 0.5) is 10.3 Å². The lowest BCUT2D eigenvalue weighted by Gasteiger charge is -2.31. The highest BCUT2D eigenvalue weighted by molar-refractivity contribution is 7.15. The Kier molecular flexibility index (Phi) is 5.22. The van der Waals surface area contributed by atoms with Crippen molar-refractivity contribution in [3.05, 3.63) is 47.4 Å². The molecule has 0 spiro atoms. The van der Waals surface area contributed by atoms with E-state index in [1.807, 2.05) is 12.1 Å². The van der Waals surface area contributed by atoms with Gasteiger partial charge in [-0.15, -0.1) is 11.3 Å². The number of hydrogen-bond donors (Lipinski definition) is 3. The summed E-state index contributed by atoms with van der Waals surface area (Å²) in [7, 11) is 0. The maximum Gasteiger partial charge on any atom is 0.223 e. The number of aliphatic hydroxyl groups is 1. The Morgan fingerprint density at radius 2 is 2.03 bits per heavy atom. The van der Waals surface area contributed by atoms with Crippen molar-refractivity contribution in [2.75, 3.05) is 18.4 Å². The van der Waals surface area contributed by atoms with Crippen molar-refractivity contribution in [2.24, 2.45) is 0 Å². The third-order valence-corrected chi connectivity index (χ3v) is 6.66. The van der Waals surface area contributed by atoms with Crippen LogP contribution in [0.2, 0.25) is 0 Å². The number of rotatable bonds is 6. The van der Waals surface area contributed by atoms with Crippen molar-refractivity contribution in [2.45, 2.75) is 43.7 Å². The van der Waals surface area contributed by atoms with E-state index in [0.29, 0.717) is 42.5 Å². The zero-order valence-electron chi connectivity index (χ0n) is 16.6. The number of anilines is 1. The van der Waals surface area contributed by atoms with Crippen molar-refractivity contribution < 1.29 is 9.50 Å². The molecule has 2 aromatic heterocycles. The van der Waals surface area contributed by atoms with E-state index in [1.165, 1.54) is 23.5 Å². The molecule has 6 nitrogen and oxygen atoms in total. The van der Waals surface area contributed by atoms with E-state index < -0.39 is 5.60 Å². The first-order valence-corrected chi connectivity index (χ1v) is 11.2. The molecule has 1 aromatic carbocycles. The summed E-state index contributed by atoms with van der Waals surface area (Å²) in [4.78, 5) is 14.7. The topological polar surface area (TPSA) is 83.0 Å². The highest BCUT2D eigenvalue weighted by Crippen LogP contribution is 2.38. The standard InChI is InChI=1S/C22H24FN5OS/c23-15-3-1-2-14(12-15)19-20(17-6-9-25-21(27-17)26-16-4-5-16)30-18(28-19)13-22(29)7-10-24-11-8-22/h1-3,6,9,12,16,24,29H,4-5,7-8,10-11,13H2,(H,25,26,27). The lowest BCUT2D eigenvalue weighted by molar-refractivity contribution is 0.0108. The van der Waals surface area contributed by atoms with E-state index in [4.69, 9.17) is 9.97 Å². The number of thiazole rings is 1. The SMILES string of the molecule is OC1(Cc2nc(-c3cccc(F)c3)c(-c3ccnc(NC4CC4)n3)s2)CCNCC1. The van der Waals surface area contributed by atoms with Gasteiger partial charge in [-0.3, -0.25) is 0 Å². The van der Waals surface area contributed by atoms with Gasteiger partial charge >= 0.3 is 0 Å². The molecule has 2 aliphatic rings. The molecule has 2 fully saturated rings. The van der Waals surface area contributed by atoms with Gasteiger partial charge in [0.2, 0.25) is 5.95 Å². The first-order valence-electron chi connectivity index (χ1n) is 10.4. The zero-order valence-corrected chi connectivity index (χ0v) is 17.4. The number of benzene rings is 1. The van der Waals surface area contributed by atoms with Gasteiger partial charge in [-0.1, -0.05) is 12.1 Å². The van der Waals surface area contributed by atoms with E-state index in [2.05, 4.69) is 15.6 Å². The highest BCUT2D eigenvalue weighted by Gasteiger charge is 2.31. The molecule has 3 aromatic rings. The molecule has 1 aliphatic carbocycles. The van der Waals surface area contributed by atoms with Crippen LogP contribution >= 0.6 is 11.3 Å². The molecule has 156 valence electrons. The third-order valence-electron chi connectivity index (χ3n) is 5.58. The van der Waals surface area contributed by atoms with E-state index in [1.54, 1.807) is 12.3 Å². The molecule has 0 amide bonds. The second-order valence-corrected chi connectivity index (χ2v) is 9.21. The Hall–Kier alpha value is -2.42. The number of nitrogens with zero attached hydrogens (tertiary/aromatic N) is 3. The Morgan fingerprint density at radius 1 is 1.20 bits per heavy atom. The van der Waals surface area contributed by atoms with Gasteiger partial charge in [-0.05, 0) is 57.0 Å². The summed E-state index contributed by atoms with van der Waals surface area (Å²) in [5, 5.41) is 18.4. The predicted octanol–water partition coefficient (Wildman–Crippen LogP) is 3.64. The van der Waals surface area contributed by atoms with Crippen LogP contribution in [0.3, 0.4) is 0 Å². The van der Waals surface area contributed by atoms with Gasteiger partial charge in [-0.2, -0.15) is 0 Å². The smallest absolute Gasteiger partial charge is 0.223 e. The van der Waals surface area contributed by atoms with Gasteiger partial charge < -0.3 is 15.7 Å². The van der Waals surface area contributed by atoms with Crippen LogP contribution in [0.1, 0.15) is 30.7 Å². The lowest BCUT2D eigenvalue weighted by Crippen LogP contribution is -2.43. The van der Waals surface area contributed by atoms with E-state index >= 15 is 0 Å². The molecule has 1 saturated heterocycles. The molecular formula is C22H24FN5OS. The first-order chi connectivity index (χ1) is 14.6. The van der Waals surface area contributed by atoms with Crippen LogP contribution in [-0.4, -0.2) is 44.8 Å². The largest absolute Gasteiger partial charge is 0.389 e. The number of halogens is 1. The van der Waals surface area contributed by atoms with Crippen molar-refractivity contribution in [3.63, 3.8) is 0 Å². The van der Waals surface area contributed by atoms with Crippen LogP contribution in [0, 0.1) is 5.82 Å². The van der Waals surface area contributed by atoms with Gasteiger partial charge in [0.05, 0.1) is 26.9 Å². The van der Waals surface area contributed by atoms with Crippen LogP contribution < -0.4 is 10.6 Å². The average molecular weight is 426 g/mol. The molecule has 1 saturated carbocycles. The minimum Gasteiger partial charge on any atom is -0.389 e. The quantitative estimate of drug-likeness (QED) is 0.559. The van der Waals surface area contributed by atoms with Crippen molar-refractivity contribution >= 4 is 17.3 Å². The Balaban J connectivity index is 1.53. The minimum absolute atomic E-state index is 0.302. The molecular weight excluding hydrogens is 401 g/mol. The molecule has 3 heterocycles. The van der Waals surface area contributed by atoms with Crippen LogP contribution in [-0.2, 0) is 6.42 Å². The molecule has 30 heavy (non-hydrogen) atoms. The van der Waals surface area contributed by atoms with Crippen molar-refractivity contribution in [1.29, 1.82) is 0 Å². The number of hydrogen-bond acceptors (Lipinski definition) is 7. The summed E-state index contributed by atoms with van der Waals surface area (Å²) in [5.74, 6) is 0.302. The number of piperidine rings is 1. The molecule has 1 aliphatic heterocycles. The molecule has 5 rings (SSSR count). The van der Waals surface area contributed by atoms with Crippen molar-refractivity contribution in [3.8, 4) is 21.8 Å². The van der Waals surface area contributed by atoms with Gasteiger partial charge in [0, 0.05) is 24.2 Å². The minimum atomic E-state index is -0.760. The Labute approximate surface area is 178 Å². The van der Waals surface area contributed by atoms with Crippen LogP contribution in [0.25, 0.3) is 21.8 Å². The van der Waals surface area contributed by atoms with Gasteiger partial charge in [-0.25, -0.2) is 19.3 Å². The molecule has 0 unspecified atom stereocenters. The Morgan fingerprint density at radius 3 is 2.80 bits per heavy atom. The normalized spacial score (nSPS) is 18.3. The predicted molar refractivity (Wildman–Crippen MR) is 116 cm³/mol.